The number of hydrogen-bond acceptors (Lipinski definition) is 1. The van der Waals surface area contributed by atoms with E-state index in [1.54, 1.807) is 6.07 Å². The zero-order valence-electron chi connectivity index (χ0n) is 10.1. The molecule has 0 aliphatic rings. The Balaban J connectivity index is 2.52. The third-order valence-electron chi connectivity index (χ3n) is 2.83. The predicted octanol–water partition coefficient (Wildman–Crippen LogP) is 5.67. The van der Waals surface area contributed by atoms with Crippen LogP contribution in [0.25, 0.3) is 0 Å². The van der Waals surface area contributed by atoms with Crippen molar-refractivity contribution >= 4 is 61.7 Å². The van der Waals surface area contributed by atoms with Gasteiger partial charge in [0.25, 0.3) is 0 Å². The van der Waals surface area contributed by atoms with Crippen LogP contribution in [0.4, 0.5) is 0 Å². The molecule has 1 nitrogen and oxygen atoms in total. The molecule has 0 saturated heterocycles. The lowest BCUT2D eigenvalue weighted by Gasteiger charge is -2.20. The van der Waals surface area contributed by atoms with E-state index in [1.807, 2.05) is 25.2 Å². The molecule has 5 heteroatoms. The molecule has 2 aromatic carbocycles. The number of benzene rings is 2. The molecular formula is C14H11BrCl2IN. The molecule has 2 rings (SSSR count). The summed E-state index contributed by atoms with van der Waals surface area (Å²) < 4.78 is 2.24. The van der Waals surface area contributed by atoms with Crippen molar-refractivity contribution in [1.29, 1.82) is 0 Å². The maximum Gasteiger partial charge on any atom is 0.0600 e. The van der Waals surface area contributed by atoms with Gasteiger partial charge in [-0.05, 0) is 71.1 Å². The van der Waals surface area contributed by atoms with Crippen LogP contribution in [0.1, 0.15) is 17.2 Å². The first-order valence-electron chi connectivity index (χ1n) is 5.60. The fourth-order valence-corrected chi connectivity index (χ4v) is 3.46. The number of rotatable bonds is 3. The Labute approximate surface area is 145 Å². The lowest BCUT2D eigenvalue weighted by Crippen LogP contribution is -2.18. The van der Waals surface area contributed by atoms with Crippen LogP contribution in [0.5, 0.6) is 0 Å². The molecule has 0 heterocycles. The Hall–Kier alpha value is 0.190. The predicted molar refractivity (Wildman–Crippen MR) is 94.2 cm³/mol. The molecule has 0 amide bonds. The number of nitrogens with one attached hydrogen (secondary N) is 1. The van der Waals surface area contributed by atoms with Gasteiger partial charge in [0, 0.05) is 18.1 Å². The third kappa shape index (κ3) is 3.64. The van der Waals surface area contributed by atoms with E-state index >= 15 is 0 Å². The van der Waals surface area contributed by atoms with E-state index in [2.05, 4.69) is 56.0 Å². The van der Waals surface area contributed by atoms with Crippen LogP contribution in [-0.4, -0.2) is 7.05 Å². The van der Waals surface area contributed by atoms with Crippen LogP contribution in [-0.2, 0) is 0 Å². The Kier molecular flexibility index (Phi) is 5.55. The quantitative estimate of drug-likeness (QED) is 0.570. The second kappa shape index (κ2) is 6.76. The first kappa shape index (κ1) is 15.6. The Morgan fingerprint density at radius 2 is 1.84 bits per heavy atom. The molecule has 2 aromatic rings. The molecule has 0 aromatic heterocycles. The van der Waals surface area contributed by atoms with Gasteiger partial charge in [0.2, 0.25) is 0 Å². The van der Waals surface area contributed by atoms with Crippen molar-refractivity contribution < 1.29 is 0 Å². The minimum atomic E-state index is 0.0221. The average molecular weight is 471 g/mol. The van der Waals surface area contributed by atoms with E-state index in [0.717, 1.165) is 15.6 Å². The summed E-state index contributed by atoms with van der Waals surface area (Å²) >= 11 is 18.2. The van der Waals surface area contributed by atoms with Gasteiger partial charge in [0.1, 0.15) is 0 Å². The van der Waals surface area contributed by atoms with Gasteiger partial charge in [-0.3, -0.25) is 0 Å². The maximum absolute atomic E-state index is 6.30. The summed E-state index contributed by atoms with van der Waals surface area (Å²) in [6.07, 6.45) is 0. The fraction of sp³-hybridized carbons (Fsp3) is 0.143. The molecule has 0 aliphatic carbocycles. The lowest BCUT2D eigenvalue weighted by atomic mass is 9.99. The zero-order valence-corrected chi connectivity index (χ0v) is 15.3. The average Bonchev–Trinajstić information content (AvgIpc) is 2.36. The van der Waals surface area contributed by atoms with Gasteiger partial charge in [-0.1, -0.05) is 45.2 Å². The summed E-state index contributed by atoms with van der Waals surface area (Å²) in [5.74, 6) is 0. The smallest absolute Gasteiger partial charge is 0.0600 e. The molecule has 1 atom stereocenters. The van der Waals surface area contributed by atoms with Crippen LogP contribution in [0.15, 0.2) is 40.9 Å². The molecule has 0 radical (unpaired) electrons. The van der Waals surface area contributed by atoms with Crippen molar-refractivity contribution in [2.45, 2.75) is 6.04 Å². The van der Waals surface area contributed by atoms with E-state index in [0.29, 0.717) is 10.0 Å². The minimum Gasteiger partial charge on any atom is -0.309 e. The van der Waals surface area contributed by atoms with Crippen LogP contribution in [0, 0.1) is 3.57 Å². The second-order valence-electron chi connectivity index (χ2n) is 4.05. The minimum absolute atomic E-state index is 0.0221. The number of hydrogen-bond donors (Lipinski definition) is 1. The summed E-state index contributed by atoms with van der Waals surface area (Å²) in [4.78, 5) is 0. The van der Waals surface area contributed by atoms with E-state index in [1.165, 1.54) is 3.57 Å². The molecule has 1 unspecified atom stereocenters. The van der Waals surface area contributed by atoms with Gasteiger partial charge in [-0.15, -0.1) is 0 Å². The van der Waals surface area contributed by atoms with Crippen LogP contribution in [0.3, 0.4) is 0 Å². The lowest BCUT2D eigenvalue weighted by molar-refractivity contribution is 0.689. The molecule has 0 aliphatic heterocycles. The topological polar surface area (TPSA) is 12.0 Å². The zero-order chi connectivity index (χ0) is 14.0. The summed E-state index contributed by atoms with van der Waals surface area (Å²) in [5.41, 5.74) is 2.16. The van der Waals surface area contributed by atoms with Gasteiger partial charge in [-0.25, -0.2) is 0 Å². The maximum atomic E-state index is 6.30. The summed E-state index contributed by atoms with van der Waals surface area (Å²) in [6, 6.07) is 11.8. The molecule has 0 saturated carbocycles. The van der Waals surface area contributed by atoms with Crippen molar-refractivity contribution in [1.82, 2.24) is 5.32 Å². The first-order chi connectivity index (χ1) is 9.02. The molecule has 0 bridgehead atoms. The molecule has 19 heavy (non-hydrogen) atoms. The third-order valence-corrected chi connectivity index (χ3v) is 4.79. The van der Waals surface area contributed by atoms with E-state index in [9.17, 15) is 0 Å². The molecule has 100 valence electrons. The highest BCUT2D eigenvalue weighted by Gasteiger charge is 2.18. The summed E-state index contributed by atoms with van der Waals surface area (Å²) in [6.45, 7) is 0. The molecule has 1 N–H and O–H groups in total. The second-order valence-corrected chi connectivity index (χ2v) is 7.00. The van der Waals surface area contributed by atoms with Crippen molar-refractivity contribution in [3.05, 3.63) is 65.6 Å². The van der Waals surface area contributed by atoms with Crippen molar-refractivity contribution in [3.63, 3.8) is 0 Å². The van der Waals surface area contributed by atoms with Gasteiger partial charge >= 0.3 is 0 Å². The highest BCUT2D eigenvalue weighted by molar-refractivity contribution is 14.1. The molecule has 0 spiro atoms. The van der Waals surface area contributed by atoms with E-state index < -0.39 is 0 Å². The van der Waals surface area contributed by atoms with E-state index in [-0.39, 0.29) is 6.04 Å². The Morgan fingerprint density at radius 3 is 2.47 bits per heavy atom. The van der Waals surface area contributed by atoms with Crippen LogP contribution in [0.2, 0.25) is 10.0 Å². The number of halogens is 4. The summed E-state index contributed by atoms with van der Waals surface area (Å²) in [5, 5.41) is 4.61. The fourth-order valence-electron chi connectivity index (χ4n) is 1.95. The van der Waals surface area contributed by atoms with E-state index in [4.69, 9.17) is 23.2 Å². The van der Waals surface area contributed by atoms with Crippen LogP contribution >= 0.6 is 61.7 Å². The van der Waals surface area contributed by atoms with Gasteiger partial charge < -0.3 is 5.32 Å². The highest BCUT2D eigenvalue weighted by Crippen LogP contribution is 2.34. The van der Waals surface area contributed by atoms with Gasteiger partial charge in [0.15, 0.2) is 0 Å². The van der Waals surface area contributed by atoms with Crippen molar-refractivity contribution in [2.75, 3.05) is 7.05 Å². The van der Waals surface area contributed by atoms with Crippen molar-refractivity contribution in [3.8, 4) is 0 Å². The molecular weight excluding hydrogens is 460 g/mol. The SMILES string of the molecule is CNC(c1ccc(Cl)cc1Cl)c1cc(I)ccc1Br. The normalized spacial score (nSPS) is 12.5. The van der Waals surface area contributed by atoms with Crippen molar-refractivity contribution in [2.24, 2.45) is 0 Å². The van der Waals surface area contributed by atoms with Gasteiger partial charge in [0.05, 0.1) is 6.04 Å². The van der Waals surface area contributed by atoms with Crippen LogP contribution < -0.4 is 5.32 Å². The Morgan fingerprint density at radius 1 is 1.11 bits per heavy atom. The van der Waals surface area contributed by atoms with Gasteiger partial charge in [-0.2, -0.15) is 0 Å². The Bertz CT molecular complexity index is 604. The highest BCUT2D eigenvalue weighted by atomic mass is 127. The standard InChI is InChI=1S/C14H11BrCl2IN/c1-19-14(10-4-2-8(16)6-13(10)17)11-7-9(18)3-5-12(11)15/h2-7,14,19H,1H3. The monoisotopic (exact) mass is 469 g/mol. The molecule has 0 fully saturated rings. The largest absolute Gasteiger partial charge is 0.309 e. The summed E-state index contributed by atoms with van der Waals surface area (Å²) in [7, 11) is 1.92. The first-order valence-corrected chi connectivity index (χ1v) is 8.23.